The molecule has 1 aliphatic heterocycles. The van der Waals surface area contributed by atoms with Gasteiger partial charge in [-0.25, -0.2) is 0 Å². The third kappa shape index (κ3) is 3.56. The van der Waals surface area contributed by atoms with Gasteiger partial charge < -0.3 is 14.4 Å². The largest absolute Gasteiger partial charge is 0.493 e. The van der Waals surface area contributed by atoms with Crippen molar-refractivity contribution >= 4 is 5.91 Å². The number of benzene rings is 1. The van der Waals surface area contributed by atoms with Gasteiger partial charge in [-0.2, -0.15) is 0 Å². The fraction of sp³-hybridized carbons (Fsp3) is 0.588. The van der Waals surface area contributed by atoms with Gasteiger partial charge in [0.05, 0.1) is 31.8 Å². The van der Waals surface area contributed by atoms with E-state index in [0.717, 1.165) is 25.1 Å². The summed E-state index contributed by atoms with van der Waals surface area (Å²) in [6, 6.07) is 9.94. The van der Waals surface area contributed by atoms with Crippen molar-refractivity contribution in [2.75, 3.05) is 19.8 Å². The number of morpholine rings is 1. The van der Waals surface area contributed by atoms with E-state index in [2.05, 4.69) is 0 Å². The highest BCUT2D eigenvalue weighted by Gasteiger charge is 2.36. The second-order valence-corrected chi connectivity index (χ2v) is 5.76. The topological polar surface area (TPSA) is 38.8 Å². The molecule has 1 aliphatic carbocycles. The Kier molecular flexibility index (Phi) is 4.76. The molecule has 2 aliphatic rings. The Morgan fingerprint density at radius 3 is 2.90 bits per heavy atom. The summed E-state index contributed by atoms with van der Waals surface area (Å²) in [4.78, 5) is 14.5. The third-order valence-electron chi connectivity index (χ3n) is 4.38. The van der Waals surface area contributed by atoms with Gasteiger partial charge in [0.1, 0.15) is 5.75 Å². The number of rotatable bonds is 4. The van der Waals surface area contributed by atoms with Crippen LogP contribution >= 0.6 is 0 Å². The van der Waals surface area contributed by atoms with Crippen LogP contribution in [0.3, 0.4) is 0 Å². The van der Waals surface area contributed by atoms with E-state index >= 15 is 0 Å². The van der Waals surface area contributed by atoms with Crippen molar-refractivity contribution in [3.8, 4) is 5.75 Å². The molecule has 114 valence electrons. The van der Waals surface area contributed by atoms with E-state index in [1.165, 1.54) is 12.8 Å². The van der Waals surface area contributed by atoms with Crippen LogP contribution in [0.15, 0.2) is 30.3 Å². The van der Waals surface area contributed by atoms with Crippen LogP contribution < -0.4 is 4.74 Å². The van der Waals surface area contributed by atoms with Crippen LogP contribution in [0.5, 0.6) is 5.75 Å². The van der Waals surface area contributed by atoms with Gasteiger partial charge in [0.2, 0.25) is 5.91 Å². The standard InChI is InChI=1S/C17H23NO3/c19-17(10-12-20-14-6-2-1-3-7-14)18-11-13-21-16-9-5-4-8-15(16)18/h1-3,6-7,15-16H,4-5,8-13H2/t15-,16+/m0/s1. The molecule has 1 aromatic rings. The first-order chi connectivity index (χ1) is 10.3. The maximum Gasteiger partial charge on any atom is 0.226 e. The van der Waals surface area contributed by atoms with Crippen molar-refractivity contribution < 1.29 is 14.3 Å². The second kappa shape index (κ2) is 6.94. The van der Waals surface area contributed by atoms with Gasteiger partial charge in [-0.15, -0.1) is 0 Å². The fourth-order valence-corrected chi connectivity index (χ4v) is 3.32. The average Bonchev–Trinajstić information content (AvgIpc) is 2.55. The van der Waals surface area contributed by atoms with Crippen LogP contribution in [0.2, 0.25) is 0 Å². The highest BCUT2D eigenvalue weighted by molar-refractivity contribution is 5.76. The van der Waals surface area contributed by atoms with Crippen LogP contribution in [0.25, 0.3) is 0 Å². The highest BCUT2D eigenvalue weighted by atomic mass is 16.5. The maximum absolute atomic E-state index is 12.4. The Hall–Kier alpha value is -1.55. The zero-order valence-corrected chi connectivity index (χ0v) is 12.4. The molecular formula is C17H23NO3. The molecule has 1 saturated heterocycles. The second-order valence-electron chi connectivity index (χ2n) is 5.76. The minimum Gasteiger partial charge on any atom is -0.493 e. The zero-order chi connectivity index (χ0) is 14.5. The number of carbonyl (C=O) groups is 1. The van der Waals surface area contributed by atoms with Crippen LogP contribution in [0.4, 0.5) is 0 Å². The van der Waals surface area contributed by atoms with Crippen molar-refractivity contribution in [3.05, 3.63) is 30.3 Å². The molecule has 1 saturated carbocycles. The summed E-state index contributed by atoms with van der Waals surface area (Å²) < 4.78 is 11.4. The van der Waals surface area contributed by atoms with Gasteiger partial charge in [0.15, 0.2) is 0 Å². The van der Waals surface area contributed by atoms with E-state index < -0.39 is 0 Å². The molecule has 0 unspecified atom stereocenters. The fourth-order valence-electron chi connectivity index (χ4n) is 3.32. The van der Waals surface area contributed by atoms with Gasteiger partial charge in [-0.3, -0.25) is 4.79 Å². The molecule has 2 atom stereocenters. The summed E-state index contributed by atoms with van der Waals surface area (Å²) >= 11 is 0. The van der Waals surface area contributed by atoms with E-state index in [-0.39, 0.29) is 18.1 Å². The van der Waals surface area contributed by atoms with Crippen LogP contribution in [-0.2, 0) is 9.53 Å². The molecule has 1 aromatic carbocycles. The molecule has 21 heavy (non-hydrogen) atoms. The van der Waals surface area contributed by atoms with Gasteiger partial charge in [-0.05, 0) is 25.0 Å². The Morgan fingerprint density at radius 1 is 1.24 bits per heavy atom. The third-order valence-corrected chi connectivity index (χ3v) is 4.38. The number of ether oxygens (including phenoxy) is 2. The molecule has 0 N–H and O–H groups in total. The van der Waals surface area contributed by atoms with Crippen molar-refractivity contribution in [3.63, 3.8) is 0 Å². The van der Waals surface area contributed by atoms with E-state index in [1.807, 2.05) is 35.2 Å². The lowest BCUT2D eigenvalue weighted by atomic mass is 9.90. The highest BCUT2D eigenvalue weighted by Crippen LogP contribution is 2.28. The number of carbonyl (C=O) groups excluding carboxylic acids is 1. The minimum atomic E-state index is 0.200. The first kappa shape index (κ1) is 14.4. The van der Waals surface area contributed by atoms with E-state index in [9.17, 15) is 4.79 Å². The van der Waals surface area contributed by atoms with Crippen LogP contribution in [-0.4, -0.2) is 42.7 Å². The first-order valence-corrected chi connectivity index (χ1v) is 7.93. The lowest BCUT2D eigenvalue weighted by Crippen LogP contribution is -2.55. The molecule has 1 amide bonds. The van der Waals surface area contributed by atoms with E-state index in [1.54, 1.807) is 0 Å². The first-order valence-electron chi connectivity index (χ1n) is 7.93. The normalized spacial score (nSPS) is 25.2. The summed E-state index contributed by atoms with van der Waals surface area (Å²) in [5, 5.41) is 0. The summed E-state index contributed by atoms with van der Waals surface area (Å²) in [6.07, 6.45) is 5.30. The predicted molar refractivity (Wildman–Crippen MR) is 80.3 cm³/mol. The summed E-state index contributed by atoms with van der Waals surface area (Å²) in [5.41, 5.74) is 0. The Bertz CT molecular complexity index is 460. The van der Waals surface area contributed by atoms with E-state index in [4.69, 9.17) is 9.47 Å². The monoisotopic (exact) mass is 289 g/mol. The van der Waals surface area contributed by atoms with Gasteiger partial charge >= 0.3 is 0 Å². The van der Waals surface area contributed by atoms with Crippen LogP contribution in [0.1, 0.15) is 32.1 Å². The lowest BCUT2D eigenvalue weighted by molar-refractivity contribution is -0.150. The molecule has 0 aromatic heterocycles. The number of hydrogen-bond acceptors (Lipinski definition) is 3. The quantitative estimate of drug-likeness (QED) is 0.855. The molecule has 0 spiro atoms. The summed E-state index contributed by atoms with van der Waals surface area (Å²) in [6.45, 7) is 1.84. The lowest BCUT2D eigenvalue weighted by Gasteiger charge is -2.43. The SMILES string of the molecule is O=C(CCOc1ccccc1)N1CCO[C@@H]2CCCC[C@@H]21. The molecule has 3 rings (SSSR count). The van der Waals surface area contributed by atoms with Crippen LogP contribution in [0, 0.1) is 0 Å². The molecule has 0 radical (unpaired) electrons. The van der Waals surface area contributed by atoms with Crippen molar-refractivity contribution in [2.45, 2.75) is 44.2 Å². The number of para-hydroxylation sites is 1. The smallest absolute Gasteiger partial charge is 0.226 e. The predicted octanol–water partition coefficient (Wildman–Crippen LogP) is 2.63. The van der Waals surface area contributed by atoms with Gasteiger partial charge in [0.25, 0.3) is 0 Å². The van der Waals surface area contributed by atoms with Crippen molar-refractivity contribution in [1.29, 1.82) is 0 Å². The van der Waals surface area contributed by atoms with Gasteiger partial charge in [0, 0.05) is 6.54 Å². The zero-order valence-electron chi connectivity index (χ0n) is 12.4. The molecule has 1 heterocycles. The molecule has 4 heteroatoms. The molecule has 2 fully saturated rings. The molecule has 0 bridgehead atoms. The Morgan fingerprint density at radius 2 is 2.05 bits per heavy atom. The maximum atomic E-state index is 12.4. The summed E-state index contributed by atoms with van der Waals surface area (Å²) in [5.74, 6) is 1.02. The van der Waals surface area contributed by atoms with Crippen molar-refractivity contribution in [2.24, 2.45) is 0 Å². The number of fused-ring (bicyclic) bond motifs is 1. The average molecular weight is 289 g/mol. The van der Waals surface area contributed by atoms with Gasteiger partial charge in [-0.1, -0.05) is 31.0 Å². The number of hydrogen-bond donors (Lipinski definition) is 0. The number of nitrogens with zero attached hydrogens (tertiary/aromatic N) is 1. The Labute approximate surface area is 126 Å². The molecular weight excluding hydrogens is 266 g/mol. The number of amides is 1. The minimum absolute atomic E-state index is 0.200. The van der Waals surface area contributed by atoms with E-state index in [0.29, 0.717) is 19.6 Å². The molecule has 4 nitrogen and oxygen atoms in total. The van der Waals surface area contributed by atoms with Crippen molar-refractivity contribution in [1.82, 2.24) is 4.90 Å². The Balaban J connectivity index is 1.50. The summed E-state index contributed by atoms with van der Waals surface area (Å²) in [7, 11) is 0.